The molecule has 0 spiro atoms. The van der Waals surface area contributed by atoms with Crippen LogP contribution >= 0.6 is 11.6 Å². The van der Waals surface area contributed by atoms with Gasteiger partial charge in [0.05, 0.1) is 58.5 Å². The lowest BCUT2D eigenvalue weighted by Gasteiger charge is -2.36. The molecule has 0 atom stereocenters. The van der Waals surface area contributed by atoms with Gasteiger partial charge in [0.1, 0.15) is 10.7 Å². The topological polar surface area (TPSA) is 186 Å². The predicted octanol–water partition coefficient (Wildman–Crippen LogP) is 2.95. The Labute approximate surface area is 338 Å². The number of nitrogens with zero attached hydrogens (tertiary/aromatic N) is 10. The first-order chi connectivity index (χ1) is 27.2. The second kappa shape index (κ2) is 18.0. The fraction of sp³-hybridized carbons (Fsp3) is 0.514. The number of halogens is 1. The Balaban J connectivity index is 0.000000196. The molecular weight excluding hydrogens is 796 g/mol. The lowest BCUT2D eigenvalue weighted by molar-refractivity contribution is 0.205. The summed E-state index contributed by atoms with van der Waals surface area (Å²) in [4.78, 5) is 37.8. The number of hydrogen-bond acceptors (Lipinski definition) is 13. The number of rotatable bonds is 10. The van der Waals surface area contributed by atoms with Crippen molar-refractivity contribution >= 4 is 43.0 Å². The monoisotopic (exact) mass is 844 g/mol. The van der Waals surface area contributed by atoms with E-state index in [2.05, 4.69) is 20.2 Å². The molecule has 7 rings (SSSR count). The van der Waals surface area contributed by atoms with Crippen molar-refractivity contribution < 1.29 is 21.6 Å². The van der Waals surface area contributed by atoms with Gasteiger partial charge in [0.15, 0.2) is 0 Å². The summed E-state index contributed by atoms with van der Waals surface area (Å²) in [6, 6.07) is 6.95. The molecule has 4 aromatic heterocycles. The molecule has 0 bridgehead atoms. The number of ether oxygens (including phenoxy) is 1. The van der Waals surface area contributed by atoms with Crippen molar-refractivity contribution in [1.82, 2.24) is 38.1 Å². The minimum atomic E-state index is -3.30. The quantitative estimate of drug-likeness (QED) is 0.227. The van der Waals surface area contributed by atoms with Crippen LogP contribution in [0.5, 0.6) is 5.75 Å². The fourth-order valence-corrected chi connectivity index (χ4v) is 9.66. The maximum atomic E-state index is 13.3. The van der Waals surface area contributed by atoms with Gasteiger partial charge in [-0.3, -0.25) is 19.6 Å². The highest BCUT2D eigenvalue weighted by atomic mass is 35.5. The van der Waals surface area contributed by atoms with Crippen molar-refractivity contribution in [3.8, 4) is 17.1 Å². The van der Waals surface area contributed by atoms with Crippen molar-refractivity contribution in [3.63, 3.8) is 0 Å². The highest BCUT2D eigenvalue weighted by molar-refractivity contribution is 7.90. The molecule has 2 aliphatic heterocycles. The summed E-state index contributed by atoms with van der Waals surface area (Å²) in [6.07, 6.45) is 13.6. The van der Waals surface area contributed by atoms with Gasteiger partial charge >= 0.3 is 5.56 Å². The number of anilines is 2. The average molecular weight is 845 g/mol. The van der Waals surface area contributed by atoms with Gasteiger partial charge in [-0.25, -0.2) is 16.8 Å². The van der Waals surface area contributed by atoms with E-state index in [1.54, 1.807) is 76.7 Å². The molecule has 2 saturated heterocycles. The third kappa shape index (κ3) is 9.33. The summed E-state index contributed by atoms with van der Waals surface area (Å²) in [7, 11) is -6.58. The number of sulfonamides is 2. The minimum absolute atomic E-state index is 0.0128. The van der Waals surface area contributed by atoms with Crippen molar-refractivity contribution in [2.45, 2.75) is 70.0 Å². The number of piperazine rings is 2. The first kappa shape index (κ1) is 42.2. The molecule has 17 nitrogen and oxygen atoms in total. The van der Waals surface area contributed by atoms with Gasteiger partial charge < -0.3 is 14.5 Å². The van der Waals surface area contributed by atoms with Gasteiger partial charge in [-0.2, -0.15) is 28.2 Å². The summed E-state index contributed by atoms with van der Waals surface area (Å²) >= 11 is 6.29. The van der Waals surface area contributed by atoms with E-state index in [1.165, 1.54) is 30.4 Å². The van der Waals surface area contributed by atoms with E-state index in [1.807, 2.05) is 9.80 Å². The van der Waals surface area contributed by atoms with Gasteiger partial charge in [-0.05, 0) is 77.6 Å². The Hall–Kier alpha value is -4.43. The SMILES string of the molecule is CC(C)S(=O)(=O)N1CCN(c2cnn(-c3cccnc3)c(=O)c2Cl)CC1.CC(C)S(=O)(=O)N1CCN(c2cnn(-c3cccnc3)c(=O)c2OC2CCCC2)CC1. The molecule has 0 N–H and O–H groups in total. The molecule has 0 unspecified atom stereocenters. The molecule has 0 amide bonds. The normalized spacial score (nSPS) is 17.5. The van der Waals surface area contributed by atoms with E-state index >= 15 is 0 Å². The van der Waals surface area contributed by atoms with Crippen molar-refractivity contribution in [3.05, 3.63) is 87.2 Å². The van der Waals surface area contributed by atoms with Crippen molar-refractivity contribution in [2.75, 3.05) is 62.2 Å². The highest BCUT2D eigenvalue weighted by Crippen LogP contribution is 2.31. The first-order valence-corrected chi connectivity index (χ1v) is 22.4. The van der Waals surface area contributed by atoms with Gasteiger partial charge in [0.25, 0.3) is 5.56 Å². The van der Waals surface area contributed by atoms with Crippen LogP contribution in [-0.2, 0) is 20.0 Å². The summed E-state index contributed by atoms with van der Waals surface area (Å²) in [5.74, 6) is 0.283. The van der Waals surface area contributed by atoms with E-state index in [9.17, 15) is 26.4 Å². The first-order valence-electron chi connectivity index (χ1n) is 19.1. The smallest absolute Gasteiger partial charge is 0.316 e. The third-order valence-electron chi connectivity index (χ3n) is 10.3. The lowest BCUT2D eigenvalue weighted by Crippen LogP contribution is -2.50. The minimum Gasteiger partial charge on any atom is -0.483 e. The van der Waals surface area contributed by atoms with Crippen molar-refractivity contribution in [1.29, 1.82) is 0 Å². The van der Waals surface area contributed by atoms with E-state index in [-0.39, 0.29) is 22.4 Å². The zero-order valence-electron chi connectivity index (χ0n) is 32.5. The predicted molar refractivity (Wildman–Crippen MR) is 219 cm³/mol. The van der Waals surface area contributed by atoms with Gasteiger partial charge in [-0.15, -0.1) is 0 Å². The Kier molecular flexibility index (Phi) is 13.3. The van der Waals surface area contributed by atoms with Crippen LogP contribution in [0.25, 0.3) is 11.4 Å². The lowest BCUT2D eigenvalue weighted by atomic mass is 10.2. The summed E-state index contributed by atoms with van der Waals surface area (Å²) < 4.78 is 61.2. The Morgan fingerprint density at radius 1 is 0.649 bits per heavy atom. The molecule has 20 heteroatoms. The van der Waals surface area contributed by atoms with Crippen molar-refractivity contribution in [2.24, 2.45) is 0 Å². The van der Waals surface area contributed by atoms with Crippen LogP contribution in [0.2, 0.25) is 5.02 Å². The molecule has 0 radical (unpaired) electrons. The summed E-state index contributed by atoms with van der Waals surface area (Å²) in [6.45, 7) is 10.0. The maximum Gasteiger partial charge on any atom is 0.316 e. The second-order valence-electron chi connectivity index (χ2n) is 14.5. The molecule has 0 aromatic carbocycles. The molecular formula is C37H49ClN10O7S2. The second-order valence-corrected chi connectivity index (χ2v) is 19.9. The Morgan fingerprint density at radius 2 is 1.09 bits per heavy atom. The van der Waals surface area contributed by atoms with Crippen LogP contribution in [0.4, 0.5) is 11.4 Å². The Morgan fingerprint density at radius 3 is 1.53 bits per heavy atom. The van der Waals surface area contributed by atoms with Gasteiger partial charge in [0, 0.05) is 64.8 Å². The molecule has 6 heterocycles. The molecule has 1 saturated carbocycles. The van der Waals surface area contributed by atoms with Crippen LogP contribution in [0, 0.1) is 0 Å². The highest BCUT2D eigenvalue weighted by Gasteiger charge is 2.33. The largest absolute Gasteiger partial charge is 0.483 e. The third-order valence-corrected chi connectivity index (χ3v) is 15.2. The van der Waals surface area contributed by atoms with E-state index in [4.69, 9.17) is 16.3 Å². The van der Waals surface area contributed by atoms with Crippen LogP contribution in [-0.4, -0.2) is 124 Å². The van der Waals surface area contributed by atoms with Gasteiger partial charge in [-0.1, -0.05) is 11.6 Å². The molecule has 3 fully saturated rings. The average Bonchev–Trinajstić information content (AvgIpc) is 3.74. The Bertz CT molecular complexity index is 2330. The number of pyridine rings is 2. The van der Waals surface area contributed by atoms with E-state index < -0.39 is 36.1 Å². The maximum absolute atomic E-state index is 13.3. The standard InChI is InChI=1S/C21H29N5O4S.C16H20ClN5O3S/c1-16(2)31(28,29)25-12-10-24(11-13-25)19-15-23-26(17-6-5-9-22-14-17)21(27)20(19)30-18-7-3-4-8-18;1-12(2)26(24,25)21-8-6-20(7-9-21)14-11-19-22(16(23)15(14)17)13-4-3-5-18-10-13/h5-6,9,14-16,18H,3-4,7-8,10-13H2,1-2H3;3-5,10-12H,6-9H2,1-2H3. The molecule has 4 aromatic rings. The van der Waals surface area contributed by atoms with E-state index in [0.717, 1.165) is 25.7 Å². The summed E-state index contributed by atoms with van der Waals surface area (Å²) in [5, 5.41) is 7.70. The van der Waals surface area contributed by atoms with E-state index in [0.29, 0.717) is 75.1 Å². The zero-order valence-corrected chi connectivity index (χ0v) is 34.9. The van der Waals surface area contributed by atoms with Crippen LogP contribution in [0.1, 0.15) is 53.4 Å². The van der Waals surface area contributed by atoms with Crippen LogP contribution < -0.4 is 25.7 Å². The number of hydrogen-bond donors (Lipinski definition) is 0. The van der Waals surface area contributed by atoms with Gasteiger partial charge in [0.2, 0.25) is 25.8 Å². The molecule has 1 aliphatic carbocycles. The molecule has 3 aliphatic rings. The number of aromatic nitrogens is 6. The zero-order chi connectivity index (χ0) is 40.9. The molecule has 57 heavy (non-hydrogen) atoms. The molecule has 308 valence electrons. The summed E-state index contributed by atoms with van der Waals surface area (Å²) in [5.41, 5.74) is 1.48. The van der Waals surface area contributed by atoms with Crippen LogP contribution in [0.3, 0.4) is 0 Å². The fourth-order valence-electron chi connectivity index (χ4n) is 6.87. The van der Waals surface area contributed by atoms with Crippen LogP contribution in [0.15, 0.2) is 71.0 Å².